The first-order valence-corrected chi connectivity index (χ1v) is 3.47. The molecule has 0 atom stereocenters. The fraction of sp³-hybridized carbons (Fsp3) is 0.250. The number of rotatable bonds is 3. The minimum Gasteiger partial charge on any atom is -0.496 e. The summed E-state index contributed by atoms with van der Waals surface area (Å²) in [6.45, 7) is 0. The van der Waals surface area contributed by atoms with Gasteiger partial charge >= 0.3 is 0 Å². The number of methoxy groups -OCH3 is 2. The van der Waals surface area contributed by atoms with Gasteiger partial charge in [0, 0.05) is 0 Å². The Morgan fingerprint density at radius 3 is 2.08 bits per heavy atom. The average Bonchev–Trinajstić information content (AvgIpc) is 2.16. The van der Waals surface area contributed by atoms with Crippen molar-refractivity contribution in [2.24, 2.45) is 0 Å². The number of ether oxygens (including phenoxy) is 2. The predicted molar refractivity (Wildman–Crippen MR) is 45.0 cm³/mol. The third kappa shape index (κ3) is 2.08. The summed E-state index contributed by atoms with van der Waals surface area (Å²) in [7, 11) is 2.82. The number of nitro groups is 1. The van der Waals surface area contributed by atoms with Gasteiger partial charge in [-0.05, 0) is 0 Å². The second-order valence-corrected chi connectivity index (χ2v) is 2.23. The SMILES string of the molecule is COc1[c]c(OC)cc([N+](=O)[O-])c1. The number of benzene rings is 1. The molecule has 0 N–H and O–H groups in total. The summed E-state index contributed by atoms with van der Waals surface area (Å²) in [5, 5.41) is 10.4. The zero-order valence-electron chi connectivity index (χ0n) is 7.23. The lowest BCUT2D eigenvalue weighted by atomic mass is 10.3. The second-order valence-electron chi connectivity index (χ2n) is 2.23. The maximum absolute atomic E-state index is 10.4. The zero-order chi connectivity index (χ0) is 9.84. The summed E-state index contributed by atoms with van der Waals surface area (Å²) in [6, 6.07) is 5.25. The molecule has 0 aliphatic heterocycles. The van der Waals surface area contributed by atoms with Gasteiger partial charge in [-0.2, -0.15) is 0 Å². The maximum Gasteiger partial charge on any atom is 0.276 e. The molecule has 1 aromatic rings. The molecular weight excluding hydrogens is 174 g/mol. The van der Waals surface area contributed by atoms with Crippen LogP contribution in [0.2, 0.25) is 0 Å². The molecule has 0 unspecified atom stereocenters. The third-order valence-corrected chi connectivity index (χ3v) is 1.45. The fourth-order valence-electron chi connectivity index (χ4n) is 0.829. The Balaban J connectivity index is 3.14. The topological polar surface area (TPSA) is 61.6 Å². The Hall–Kier alpha value is -1.78. The highest BCUT2D eigenvalue weighted by Crippen LogP contribution is 2.25. The van der Waals surface area contributed by atoms with Crippen molar-refractivity contribution < 1.29 is 14.4 Å². The van der Waals surface area contributed by atoms with Gasteiger partial charge in [0.15, 0.2) is 0 Å². The summed E-state index contributed by atoms with van der Waals surface area (Å²) >= 11 is 0. The smallest absolute Gasteiger partial charge is 0.276 e. The quantitative estimate of drug-likeness (QED) is 0.523. The van der Waals surface area contributed by atoms with E-state index in [1.807, 2.05) is 0 Å². The number of hydrogen-bond donors (Lipinski definition) is 0. The van der Waals surface area contributed by atoms with Crippen molar-refractivity contribution in [1.29, 1.82) is 0 Å². The van der Waals surface area contributed by atoms with E-state index in [4.69, 9.17) is 9.47 Å². The largest absolute Gasteiger partial charge is 0.496 e. The molecule has 5 heteroatoms. The molecule has 0 aliphatic rings. The van der Waals surface area contributed by atoms with Gasteiger partial charge in [0.2, 0.25) is 0 Å². The fourth-order valence-corrected chi connectivity index (χ4v) is 0.829. The predicted octanol–water partition coefficient (Wildman–Crippen LogP) is 1.41. The van der Waals surface area contributed by atoms with Crippen LogP contribution in [0.4, 0.5) is 5.69 Å². The van der Waals surface area contributed by atoms with E-state index in [0.29, 0.717) is 0 Å². The molecule has 5 nitrogen and oxygen atoms in total. The molecular formula is C8H8NO4. The van der Waals surface area contributed by atoms with Gasteiger partial charge in [0.25, 0.3) is 5.69 Å². The lowest BCUT2D eigenvalue weighted by Crippen LogP contribution is -1.92. The summed E-state index contributed by atoms with van der Waals surface area (Å²) < 4.78 is 9.62. The van der Waals surface area contributed by atoms with Gasteiger partial charge in [0.1, 0.15) is 11.5 Å². The van der Waals surface area contributed by atoms with Crippen LogP contribution in [0.5, 0.6) is 11.5 Å². The molecule has 0 amide bonds. The minimum absolute atomic E-state index is 0.0764. The number of non-ortho nitro benzene ring substituents is 1. The molecule has 1 radical (unpaired) electrons. The molecule has 13 heavy (non-hydrogen) atoms. The monoisotopic (exact) mass is 182 g/mol. The van der Waals surface area contributed by atoms with Crippen molar-refractivity contribution in [3.8, 4) is 11.5 Å². The first kappa shape index (κ1) is 9.31. The Bertz CT molecular complexity index is 302. The highest BCUT2D eigenvalue weighted by Gasteiger charge is 2.10. The van der Waals surface area contributed by atoms with E-state index in [-0.39, 0.29) is 17.2 Å². The van der Waals surface area contributed by atoms with Gasteiger partial charge in [-0.1, -0.05) is 0 Å². The summed E-state index contributed by atoms with van der Waals surface area (Å²) in [5.41, 5.74) is -0.0764. The van der Waals surface area contributed by atoms with Crippen LogP contribution in [0.25, 0.3) is 0 Å². The van der Waals surface area contributed by atoms with E-state index < -0.39 is 4.92 Å². The van der Waals surface area contributed by atoms with Crippen LogP contribution < -0.4 is 9.47 Å². The molecule has 0 aromatic heterocycles. The normalized spacial score (nSPS) is 9.38. The van der Waals surface area contributed by atoms with Crippen LogP contribution in [-0.2, 0) is 0 Å². The van der Waals surface area contributed by atoms with Crippen molar-refractivity contribution in [3.63, 3.8) is 0 Å². The van der Waals surface area contributed by atoms with E-state index in [1.54, 1.807) is 0 Å². The minimum atomic E-state index is -0.515. The molecule has 69 valence electrons. The molecule has 0 fully saturated rings. The molecule has 0 saturated carbocycles. The van der Waals surface area contributed by atoms with Crippen LogP contribution in [-0.4, -0.2) is 19.1 Å². The van der Waals surface area contributed by atoms with Gasteiger partial charge in [-0.15, -0.1) is 0 Å². The Kier molecular flexibility index (Phi) is 2.69. The van der Waals surface area contributed by atoms with Crippen LogP contribution in [0.15, 0.2) is 12.1 Å². The van der Waals surface area contributed by atoms with E-state index in [2.05, 4.69) is 6.07 Å². The van der Waals surface area contributed by atoms with Crippen molar-refractivity contribution >= 4 is 5.69 Å². The van der Waals surface area contributed by atoms with E-state index in [9.17, 15) is 10.1 Å². The third-order valence-electron chi connectivity index (χ3n) is 1.45. The lowest BCUT2D eigenvalue weighted by molar-refractivity contribution is -0.385. The Labute approximate surface area is 75.0 Å². The number of nitro benzene ring substituents is 1. The van der Waals surface area contributed by atoms with Crippen molar-refractivity contribution in [3.05, 3.63) is 28.3 Å². The molecule has 0 spiro atoms. The lowest BCUT2D eigenvalue weighted by Gasteiger charge is -2.02. The number of hydrogen-bond acceptors (Lipinski definition) is 4. The molecule has 1 rings (SSSR count). The summed E-state index contributed by atoms with van der Waals surface area (Å²) in [5.74, 6) is 0.567. The first-order chi connectivity index (χ1) is 6.17. The highest BCUT2D eigenvalue weighted by atomic mass is 16.6. The summed E-state index contributed by atoms with van der Waals surface area (Å²) in [6.07, 6.45) is 0. The van der Waals surface area contributed by atoms with E-state index in [1.165, 1.54) is 26.4 Å². The standard InChI is InChI=1S/C8H8NO4/c1-12-7-3-6(9(10)11)4-8(5-7)13-2/h3-4H,1-2H3. The summed E-state index contributed by atoms with van der Waals surface area (Å²) in [4.78, 5) is 9.90. The Morgan fingerprint density at radius 1 is 1.31 bits per heavy atom. The van der Waals surface area contributed by atoms with E-state index in [0.717, 1.165) is 0 Å². The highest BCUT2D eigenvalue weighted by molar-refractivity contribution is 5.44. The van der Waals surface area contributed by atoms with Gasteiger partial charge in [-0.25, -0.2) is 0 Å². The first-order valence-electron chi connectivity index (χ1n) is 3.47. The van der Waals surface area contributed by atoms with E-state index >= 15 is 0 Å². The average molecular weight is 182 g/mol. The number of nitrogens with zero attached hydrogens (tertiary/aromatic N) is 1. The molecule has 0 saturated heterocycles. The zero-order valence-corrected chi connectivity index (χ0v) is 7.23. The van der Waals surface area contributed by atoms with Crippen molar-refractivity contribution in [2.45, 2.75) is 0 Å². The molecule has 0 heterocycles. The molecule has 0 aliphatic carbocycles. The van der Waals surface area contributed by atoms with Crippen molar-refractivity contribution in [2.75, 3.05) is 14.2 Å². The second kappa shape index (κ2) is 3.75. The molecule has 0 bridgehead atoms. The van der Waals surface area contributed by atoms with Crippen LogP contribution in [0.3, 0.4) is 0 Å². The van der Waals surface area contributed by atoms with Crippen molar-refractivity contribution in [1.82, 2.24) is 0 Å². The molecule has 1 aromatic carbocycles. The maximum atomic E-state index is 10.4. The van der Waals surface area contributed by atoms with Gasteiger partial charge < -0.3 is 9.47 Å². The Morgan fingerprint density at radius 2 is 1.77 bits per heavy atom. The van der Waals surface area contributed by atoms with Gasteiger partial charge in [-0.3, -0.25) is 10.1 Å². The van der Waals surface area contributed by atoms with Crippen LogP contribution in [0.1, 0.15) is 0 Å². The van der Waals surface area contributed by atoms with Gasteiger partial charge in [0.05, 0.1) is 37.3 Å². The van der Waals surface area contributed by atoms with Crippen LogP contribution >= 0.6 is 0 Å². The van der Waals surface area contributed by atoms with Crippen LogP contribution in [0, 0.1) is 16.2 Å².